The van der Waals surface area contributed by atoms with Gasteiger partial charge in [0, 0.05) is 12.1 Å². The van der Waals surface area contributed by atoms with Crippen LogP contribution in [0.15, 0.2) is 30.5 Å². The Hall–Kier alpha value is -2.97. The maximum absolute atomic E-state index is 10.7. The van der Waals surface area contributed by atoms with Crippen molar-refractivity contribution in [2.24, 2.45) is 0 Å². The molecule has 0 aliphatic heterocycles. The number of nitrogen functional groups attached to an aromatic ring is 1. The first-order chi connectivity index (χ1) is 9.41. The highest BCUT2D eigenvalue weighted by Gasteiger charge is 2.21. The lowest BCUT2D eigenvalue weighted by molar-refractivity contribution is -0.384. The zero-order valence-electron chi connectivity index (χ0n) is 10.5. The standard InChI is InChI=1S/C11H11N5O4/c1-7(8-2-4-9(5-3-8)15(17)18)14-11(12)10(6-13-14)16(19)20/h2-7H,12H2,1H3. The number of hydrogen-bond acceptors (Lipinski definition) is 6. The number of non-ortho nitro benzene ring substituents is 1. The Morgan fingerprint density at radius 3 is 2.25 bits per heavy atom. The van der Waals surface area contributed by atoms with E-state index in [9.17, 15) is 20.2 Å². The third kappa shape index (κ3) is 2.28. The van der Waals surface area contributed by atoms with Crippen LogP contribution in [0, 0.1) is 20.2 Å². The molecule has 1 aromatic carbocycles. The van der Waals surface area contributed by atoms with E-state index in [2.05, 4.69) is 5.10 Å². The molecular weight excluding hydrogens is 266 g/mol. The summed E-state index contributed by atoms with van der Waals surface area (Å²) in [5.41, 5.74) is 6.09. The molecule has 2 aromatic rings. The number of nitrogens with zero attached hydrogens (tertiary/aromatic N) is 4. The molecule has 0 aliphatic rings. The van der Waals surface area contributed by atoms with Gasteiger partial charge in [0.1, 0.15) is 6.20 Å². The van der Waals surface area contributed by atoms with Crippen molar-refractivity contribution in [1.82, 2.24) is 9.78 Å². The van der Waals surface area contributed by atoms with Gasteiger partial charge in [-0.15, -0.1) is 0 Å². The number of nitrogens with two attached hydrogens (primary N) is 1. The quantitative estimate of drug-likeness (QED) is 0.670. The van der Waals surface area contributed by atoms with Crippen LogP contribution in [0.1, 0.15) is 18.5 Å². The third-order valence-corrected chi connectivity index (χ3v) is 2.96. The van der Waals surface area contributed by atoms with Crippen molar-refractivity contribution in [2.45, 2.75) is 13.0 Å². The van der Waals surface area contributed by atoms with Crippen molar-refractivity contribution < 1.29 is 9.85 Å². The molecule has 0 fully saturated rings. The predicted octanol–water partition coefficient (Wildman–Crippen LogP) is 1.89. The van der Waals surface area contributed by atoms with Crippen LogP contribution in [0.25, 0.3) is 0 Å². The van der Waals surface area contributed by atoms with Gasteiger partial charge in [-0.05, 0) is 12.5 Å². The summed E-state index contributed by atoms with van der Waals surface area (Å²) in [6.45, 7) is 1.74. The second kappa shape index (κ2) is 4.96. The van der Waals surface area contributed by atoms with E-state index in [4.69, 9.17) is 5.73 Å². The SMILES string of the molecule is CC(c1ccc([N+](=O)[O-])cc1)n1ncc([N+](=O)[O-])c1N. The molecule has 9 heteroatoms. The Balaban J connectivity index is 2.33. The average Bonchev–Trinajstić information content (AvgIpc) is 2.80. The molecule has 1 heterocycles. The Labute approximate surface area is 112 Å². The van der Waals surface area contributed by atoms with Gasteiger partial charge < -0.3 is 5.73 Å². The molecule has 9 nitrogen and oxygen atoms in total. The highest BCUT2D eigenvalue weighted by molar-refractivity contribution is 5.52. The summed E-state index contributed by atoms with van der Waals surface area (Å²) in [6, 6.07) is 5.48. The largest absolute Gasteiger partial charge is 0.378 e. The van der Waals surface area contributed by atoms with E-state index in [-0.39, 0.29) is 23.2 Å². The lowest BCUT2D eigenvalue weighted by atomic mass is 10.1. The lowest BCUT2D eigenvalue weighted by Crippen LogP contribution is -2.11. The normalized spacial score (nSPS) is 12.1. The van der Waals surface area contributed by atoms with Gasteiger partial charge in [-0.25, -0.2) is 4.68 Å². The van der Waals surface area contributed by atoms with Crippen LogP contribution in [0.4, 0.5) is 17.2 Å². The second-order valence-corrected chi connectivity index (χ2v) is 4.14. The molecule has 0 radical (unpaired) electrons. The highest BCUT2D eigenvalue weighted by atomic mass is 16.6. The minimum Gasteiger partial charge on any atom is -0.378 e. The minimum atomic E-state index is -0.610. The number of nitro benzene ring substituents is 1. The Kier molecular flexibility index (Phi) is 3.34. The maximum Gasteiger partial charge on any atom is 0.330 e. The molecule has 0 bridgehead atoms. The van der Waals surface area contributed by atoms with Gasteiger partial charge in [-0.1, -0.05) is 12.1 Å². The molecule has 2 N–H and O–H groups in total. The third-order valence-electron chi connectivity index (χ3n) is 2.96. The first-order valence-electron chi connectivity index (χ1n) is 5.63. The van der Waals surface area contributed by atoms with Gasteiger partial charge in [0.05, 0.1) is 15.9 Å². The summed E-state index contributed by atoms with van der Waals surface area (Å²) in [6.07, 6.45) is 1.08. The van der Waals surface area contributed by atoms with Crippen LogP contribution in [0.5, 0.6) is 0 Å². The summed E-state index contributed by atoms with van der Waals surface area (Å²) in [5.74, 6) is -0.0548. The van der Waals surface area contributed by atoms with E-state index in [1.807, 2.05) is 0 Å². The number of rotatable bonds is 4. The average molecular weight is 277 g/mol. The molecule has 0 saturated carbocycles. The number of benzene rings is 1. The van der Waals surface area contributed by atoms with Crippen molar-refractivity contribution in [3.05, 3.63) is 56.3 Å². The van der Waals surface area contributed by atoms with E-state index >= 15 is 0 Å². The smallest absolute Gasteiger partial charge is 0.330 e. The molecule has 1 atom stereocenters. The van der Waals surface area contributed by atoms with Crippen LogP contribution >= 0.6 is 0 Å². The summed E-state index contributed by atoms with van der Waals surface area (Å²) < 4.78 is 1.30. The Bertz CT molecular complexity index is 664. The van der Waals surface area contributed by atoms with E-state index in [0.29, 0.717) is 5.56 Å². The summed E-state index contributed by atoms with van der Waals surface area (Å²) in [5, 5.41) is 25.2. The zero-order valence-corrected chi connectivity index (χ0v) is 10.5. The molecule has 1 aromatic heterocycles. The van der Waals surface area contributed by atoms with E-state index in [1.54, 1.807) is 19.1 Å². The summed E-state index contributed by atoms with van der Waals surface area (Å²) in [4.78, 5) is 20.2. The number of nitro groups is 2. The molecule has 2 rings (SSSR count). The minimum absolute atomic E-state index is 0.0274. The highest BCUT2D eigenvalue weighted by Crippen LogP contribution is 2.27. The summed E-state index contributed by atoms with van der Waals surface area (Å²) >= 11 is 0. The molecule has 104 valence electrons. The molecule has 1 unspecified atom stereocenters. The van der Waals surface area contributed by atoms with Gasteiger partial charge in [-0.2, -0.15) is 5.10 Å². The van der Waals surface area contributed by atoms with Crippen molar-refractivity contribution in [3.63, 3.8) is 0 Å². The Morgan fingerprint density at radius 2 is 1.80 bits per heavy atom. The monoisotopic (exact) mass is 277 g/mol. The van der Waals surface area contributed by atoms with E-state index in [1.165, 1.54) is 16.8 Å². The fourth-order valence-corrected chi connectivity index (χ4v) is 1.83. The van der Waals surface area contributed by atoms with Gasteiger partial charge in [0.25, 0.3) is 5.69 Å². The second-order valence-electron chi connectivity index (χ2n) is 4.14. The zero-order chi connectivity index (χ0) is 14.9. The lowest BCUT2D eigenvalue weighted by Gasteiger charge is -2.13. The molecule has 0 aliphatic carbocycles. The number of aromatic nitrogens is 2. The van der Waals surface area contributed by atoms with Gasteiger partial charge in [-0.3, -0.25) is 20.2 Å². The van der Waals surface area contributed by atoms with Crippen LogP contribution in [0.3, 0.4) is 0 Å². The van der Waals surface area contributed by atoms with E-state index in [0.717, 1.165) is 6.20 Å². The number of anilines is 1. The fourth-order valence-electron chi connectivity index (χ4n) is 1.83. The van der Waals surface area contributed by atoms with Crippen LogP contribution in [-0.2, 0) is 0 Å². The summed E-state index contributed by atoms with van der Waals surface area (Å²) in [7, 11) is 0. The van der Waals surface area contributed by atoms with Crippen molar-refractivity contribution in [2.75, 3.05) is 5.73 Å². The van der Waals surface area contributed by atoms with Gasteiger partial charge in [0.15, 0.2) is 0 Å². The molecular formula is C11H11N5O4. The van der Waals surface area contributed by atoms with E-state index < -0.39 is 9.85 Å². The van der Waals surface area contributed by atoms with Crippen LogP contribution in [-0.4, -0.2) is 19.6 Å². The van der Waals surface area contributed by atoms with Crippen molar-refractivity contribution >= 4 is 17.2 Å². The van der Waals surface area contributed by atoms with Crippen molar-refractivity contribution in [1.29, 1.82) is 0 Å². The van der Waals surface area contributed by atoms with Gasteiger partial charge >= 0.3 is 5.69 Å². The Morgan fingerprint density at radius 1 is 1.20 bits per heavy atom. The first-order valence-corrected chi connectivity index (χ1v) is 5.63. The maximum atomic E-state index is 10.7. The van der Waals surface area contributed by atoms with Gasteiger partial charge in [0.2, 0.25) is 5.82 Å². The van der Waals surface area contributed by atoms with Crippen LogP contribution < -0.4 is 5.73 Å². The molecule has 0 amide bonds. The molecule has 0 saturated heterocycles. The fraction of sp³-hybridized carbons (Fsp3) is 0.182. The van der Waals surface area contributed by atoms with Crippen LogP contribution in [0.2, 0.25) is 0 Å². The predicted molar refractivity (Wildman–Crippen MR) is 70.2 cm³/mol. The first kappa shape index (κ1) is 13.5. The van der Waals surface area contributed by atoms with Crippen molar-refractivity contribution in [3.8, 4) is 0 Å². The topological polar surface area (TPSA) is 130 Å². The number of hydrogen-bond donors (Lipinski definition) is 1. The molecule has 20 heavy (non-hydrogen) atoms. The molecule has 0 spiro atoms.